The molecule has 0 saturated heterocycles. The van der Waals surface area contributed by atoms with Crippen molar-refractivity contribution in [2.24, 2.45) is 29.6 Å². The van der Waals surface area contributed by atoms with Gasteiger partial charge in [0.15, 0.2) is 8.32 Å². The molecule has 2 aliphatic carbocycles. The second-order valence-electron chi connectivity index (χ2n) is 14.0. The van der Waals surface area contributed by atoms with Crippen LogP contribution in [-0.4, -0.2) is 53.6 Å². The normalized spacial score (nSPS) is 31.7. The van der Waals surface area contributed by atoms with E-state index in [0.717, 1.165) is 5.57 Å². The maximum Gasteiger partial charge on any atom is 0.309 e. The maximum atomic E-state index is 13.3. The number of carbonyl (C=O) groups excluding carboxylic acids is 1. The van der Waals surface area contributed by atoms with E-state index in [1.54, 1.807) is 0 Å². The van der Waals surface area contributed by atoms with Crippen LogP contribution in [0.5, 0.6) is 0 Å². The number of aliphatic hydroxyl groups excluding tert-OH is 1. The average Bonchev–Trinajstić information content (AvgIpc) is 2.97. The minimum atomic E-state index is -2.17. The van der Waals surface area contributed by atoms with Gasteiger partial charge in [0.1, 0.15) is 0 Å². The van der Waals surface area contributed by atoms with E-state index in [0.29, 0.717) is 23.2 Å². The summed E-state index contributed by atoms with van der Waals surface area (Å²) in [6, 6.07) is 0. The molecule has 0 aromatic heterocycles. The molecule has 0 amide bonds. The van der Waals surface area contributed by atoms with Gasteiger partial charge in [-0.2, -0.15) is 0 Å². The van der Waals surface area contributed by atoms with E-state index in [-0.39, 0.29) is 40.8 Å². The Morgan fingerprint density at radius 2 is 1.56 bits per heavy atom. The van der Waals surface area contributed by atoms with Gasteiger partial charge in [0.05, 0.1) is 25.2 Å². The summed E-state index contributed by atoms with van der Waals surface area (Å²) >= 11 is 0. The van der Waals surface area contributed by atoms with E-state index < -0.39 is 28.7 Å². The van der Waals surface area contributed by atoms with Gasteiger partial charge >= 0.3 is 5.97 Å². The van der Waals surface area contributed by atoms with Crippen molar-refractivity contribution < 1.29 is 23.5 Å². The number of methoxy groups -OCH3 is 1. The first-order chi connectivity index (χ1) is 16.3. The number of ether oxygens (including phenoxy) is 1. The number of esters is 1. The Kier molecular flexibility index (Phi) is 9.99. The van der Waals surface area contributed by atoms with Gasteiger partial charge in [0.2, 0.25) is 8.32 Å². The van der Waals surface area contributed by atoms with Crippen molar-refractivity contribution in [2.75, 3.05) is 13.7 Å². The molecule has 0 aromatic carbocycles. The van der Waals surface area contributed by atoms with Gasteiger partial charge in [-0.25, -0.2) is 0 Å². The summed E-state index contributed by atoms with van der Waals surface area (Å²) in [5, 5.41) is 11.7. The van der Waals surface area contributed by atoms with Crippen LogP contribution in [0.4, 0.5) is 0 Å². The summed E-state index contributed by atoms with van der Waals surface area (Å²) in [6.45, 7) is 29.7. The molecule has 0 radical (unpaired) electrons. The van der Waals surface area contributed by atoms with E-state index in [2.05, 4.69) is 95.3 Å². The fourth-order valence-corrected chi connectivity index (χ4v) is 13.7. The Morgan fingerprint density at radius 3 is 1.97 bits per heavy atom. The monoisotopic (exact) mass is 540 g/mol. The smallest absolute Gasteiger partial charge is 0.309 e. The van der Waals surface area contributed by atoms with Crippen LogP contribution in [0, 0.1) is 29.6 Å². The quantitative estimate of drug-likeness (QED) is 0.191. The van der Waals surface area contributed by atoms with Gasteiger partial charge in [0.25, 0.3) is 0 Å². The summed E-state index contributed by atoms with van der Waals surface area (Å²) < 4.78 is 19.3. The van der Waals surface area contributed by atoms with E-state index >= 15 is 0 Å². The highest BCUT2D eigenvalue weighted by atomic mass is 28.4. The Bertz CT molecular complexity index is 776. The standard InChI is InChI=1S/C29H56O5Si2/c1-17(2)36(18(3)4,19(5)6)34-27-21(8)26(30)24-22(27)15-20(7)23(25(24)28(31)32-12)16-33-35(13,14)29(9,10)11/h15,17-19,21-27,30H,16H2,1-14H3/t21-,22-,23+,24+,25+,26-,27+/m0/s1. The lowest BCUT2D eigenvalue weighted by atomic mass is 9.68. The van der Waals surface area contributed by atoms with Crippen molar-refractivity contribution in [1.82, 2.24) is 0 Å². The second kappa shape index (κ2) is 11.3. The Hall–Kier alpha value is -0.476. The molecule has 5 nitrogen and oxygen atoms in total. The first-order valence-corrected chi connectivity index (χ1v) is 19.2. The molecule has 36 heavy (non-hydrogen) atoms. The summed E-state index contributed by atoms with van der Waals surface area (Å²) in [5.74, 6) is -1.07. The number of hydrogen-bond donors (Lipinski definition) is 1. The van der Waals surface area contributed by atoms with Crippen LogP contribution in [0.3, 0.4) is 0 Å². The molecule has 2 rings (SSSR count). The molecule has 1 saturated carbocycles. The predicted molar refractivity (Wildman–Crippen MR) is 154 cm³/mol. The zero-order valence-electron chi connectivity index (χ0n) is 25.6. The topological polar surface area (TPSA) is 65.0 Å². The summed E-state index contributed by atoms with van der Waals surface area (Å²) in [6.07, 6.45) is 1.58. The van der Waals surface area contributed by atoms with Gasteiger partial charge in [-0.15, -0.1) is 0 Å². The lowest BCUT2D eigenvalue weighted by Gasteiger charge is -2.47. The van der Waals surface area contributed by atoms with Crippen LogP contribution < -0.4 is 0 Å². The second-order valence-corrected chi connectivity index (χ2v) is 24.3. The maximum absolute atomic E-state index is 13.3. The molecule has 0 unspecified atom stereocenters. The highest BCUT2D eigenvalue weighted by molar-refractivity contribution is 6.77. The van der Waals surface area contributed by atoms with E-state index in [9.17, 15) is 9.90 Å². The third kappa shape index (κ3) is 5.61. The SMILES string of the molecule is COC(=O)[C@H]1[C@@H]2[C@@H](O)[C@H](C)[C@@H](O[Si](C(C)C)(C(C)C)C(C)C)[C@H]2C=C(C)[C@H]1CO[Si](C)(C)C(C)(C)C. The molecule has 0 spiro atoms. The number of aliphatic hydroxyl groups is 1. The summed E-state index contributed by atoms with van der Waals surface area (Å²) in [4.78, 5) is 13.3. The molecule has 0 bridgehead atoms. The zero-order valence-corrected chi connectivity index (χ0v) is 27.6. The average molecular weight is 541 g/mol. The molecular weight excluding hydrogens is 484 g/mol. The molecule has 0 aromatic rings. The Balaban J connectivity index is 2.52. The van der Waals surface area contributed by atoms with Crippen LogP contribution in [0.2, 0.25) is 34.8 Å². The van der Waals surface area contributed by atoms with Gasteiger partial charge in [0, 0.05) is 30.3 Å². The molecule has 1 fully saturated rings. The molecule has 1 N–H and O–H groups in total. The third-order valence-corrected chi connectivity index (χ3v) is 20.7. The van der Waals surface area contributed by atoms with Crippen LogP contribution in [0.25, 0.3) is 0 Å². The van der Waals surface area contributed by atoms with Gasteiger partial charge in [-0.1, -0.05) is 80.9 Å². The van der Waals surface area contributed by atoms with E-state index in [1.807, 2.05) is 0 Å². The van der Waals surface area contributed by atoms with Crippen molar-refractivity contribution in [3.63, 3.8) is 0 Å². The fourth-order valence-electron chi connectivity index (χ4n) is 7.02. The van der Waals surface area contributed by atoms with Crippen LogP contribution in [0.1, 0.15) is 76.2 Å². The van der Waals surface area contributed by atoms with Crippen LogP contribution >= 0.6 is 0 Å². The number of fused-ring (bicyclic) bond motifs is 1. The minimum Gasteiger partial charge on any atom is -0.469 e. The molecule has 2 aliphatic rings. The van der Waals surface area contributed by atoms with Crippen molar-refractivity contribution in [3.8, 4) is 0 Å². The largest absolute Gasteiger partial charge is 0.469 e. The lowest BCUT2D eigenvalue weighted by molar-refractivity contribution is -0.153. The molecule has 210 valence electrons. The fraction of sp³-hybridized carbons (Fsp3) is 0.897. The minimum absolute atomic E-state index is 0.00801. The predicted octanol–water partition coefficient (Wildman–Crippen LogP) is 7.18. The number of hydrogen-bond acceptors (Lipinski definition) is 5. The zero-order chi connectivity index (χ0) is 28.0. The lowest BCUT2D eigenvalue weighted by Crippen LogP contribution is -2.52. The highest BCUT2D eigenvalue weighted by Crippen LogP contribution is 2.54. The van der Waals surface area contributed by atoms with Crippen molar-refractivity contribution in [3.05, 3.63) is 11.6 Å². The third-order valence-electron chi connectivity index (χ3n) is 10.1. The van der Waals surface area contributed by atoms with Crippen LogP contribution in [0.15, 0.2) is 11.6 Å². The summed E-state index contributed by atoms with van der Waals surface area (Å²) in [5.41, 5.74) is 2.52. The molecule has 7 heteroatoms. The van der Waals surface area contributed by atoms with E-state index in [4.69, 9.17) is 13.6 Å². The van der Waals surface area contributed by atoms with Gasteiger partial charge in [-0.05, 0) is 41.7 Å². The number of rotatable bonds is 9. The highest BCUT2D eigenvalue weighted by Gasteiger charge is 2.59. The first kappa shape index (κ1) is 31.7. The first-order valence-electron chi connectivity index (χ1n) is 14.1. The Morgan fingerprint density at radius 1 is 1.06 bits per heavy atom. The van der Waals surface area contributed by atoms with E-state index in [1.165, 1.54) is 7.11 Å². The van der Waals surface area contributed by atoms with Gasteiger partial charge in [-0.3, -0.25) is 4.79 Å². The van der Waals surface area contributed by atoms with Crippen molar-refractivity contribution in [1.29, 1.82) is 0 Å². The van der Waals surface area contributed by atoms with Crippen LogP contribution in [-0.2, 0) is 18.4 Å². The molecule has 7 atom stereocenters. The van der Waals surface area contributed by atoms with Crippen molar-refractivity contribution >= 4 is 22.6 Å². The molecular formula is C29H56O5Si2. The molecule has 0 heterocycles. The van der Waals surface area contributed by atoms with Crippen molar-refractivity contribution in [2.45, 2.75) is 123 Å². The Labute approximate surface area is 224 Å². The van der Waals surface area contributed by atoms with Gasteiger partial charge < -0.3 is 18.7 Å². The summed E-state index contributed by atoms with van der Waals surface area (Å²) in [7, 11) is -2.71. The molecule has 0 aliphatic heterocycles. The number of carbonyl (C=O) groups is 1.